The van der Waals surface area contributed by atoms with Gasteiger partial charge < -0.3 is 10.1 Å². The maximum Gasteiger partial charge on any atom is 0.120 e. The van der Waals surface area contributed by atoms with Crippen molar-refractivity contribution in [3.05, 3.63) is 65.2 Å². The molecule has 0 bridgehead atoms. The fraction of sp³-hybridized carbons (Fsp3) is 0.381. The number of thiocarbonyl (C=S) groups is 1. The third-order valence-electron chi connectivity index (χ3n) is 4.56. The number of rotatable bonds is 5. The predicted molar refractivity (Wildman–Crippen MR) is 104 cm³/mol. The zero-order chi connectivity index (χ0) is 16.8. The predicted octanol–water partition coefficient (Wildman–Crippen LogP) is 5.17. The molecule has 2 nitrogen and oxygen atoms in total. The lowest BCUT2D eigenvalue weighted by atomic mass is 9.95. The molecule has 0 unspecified atom stereocenters. The highest BCUT2D eigenvalue weighted by Gasteiger charge is 2.14. The number of nitrogens with one attached hydrogen (secondary N) is 1. The van der Waals surface area contributed by atoms with Crippen LogP contribution >= 0.6 is 12.2 Å². The highest BCUT2D eigenvalue weighted by atomic mass is 32.1. The number of ether oxygens (including phenoxy) is 1. The summed E-state index contributed by atoms with van der Waals surface area (Å²) in [6.07, 6.45) is 6.42. The molecule has 1 aliphatic rings. The van der Waals surface area contributed by atoms with Crippen molar-refractivity contribution < 1.29 is 4.74 Å². The van der Waals surface area contributed by atoms with Crippen molar-refractivity contribution in [3.63, 3.8) is 0 Å². The molecule has 1 saturated carbocycles. The summed E-state index contributed by atoms with van der Waals surface area (Å²) in [7, 11) is 0. The van der Waals surface area contributed by atoms with Gasteiger partial charge in [0.1, 0.15) is 17.3 Å². The van der Waals surface area contributed by atoms with Gasteiger partial charge in [0.25, 0.3) is 0 Å². The average Bonchev–Trinajstić information content (AvgIpc) is 2.62. The van der Waals surface area contributed by atoms with Gasteiger partial charge in [-0.1, -0.05) is 73.4 Å². The van der Waals surface area contributed by atoms with Crippen molar-refractivity contribution in [3.8, 4) is 5.75 Å². The smallest absolute Gasteiger partial charge is 0.120 e. The summed E-state index contributed by atoms with van der Waals surface area (Å²) >= 11 is 5.59. The van der Waals surface area contributed by atoms with E-state index in [1.807, 2.05) is 18.2 Å². The van der Waals surface area contributed by atoms with Gasteiger partial charge in [0.15, 0.2) is 0 Å². The number of hydrogen-bond donors (Lipinski definition) is 1. The van der Waals surface area contributed by atoms with Crippen molar-refractivity contribution >= 4 is 17.2 Å². The molecule has 2 aromatic rings. The van der Waals surface area contributed by atoms with Gasteiger partial charge in [0.05, 0.1) is 0 Å². The van der Waals surface area contributed by atoms with E-state index in [-0.39, 0.29) is 0 Å². The van der Waals surface area contributed by atoms with Crippen LogP contribution in [0.4, 0.5) is 0 Å². The Morgan fingerprint density at radius 3 is 2.58 bits per heavy atom. The molecule has 0 spiro atoms. The summed E-state index contributed by atoms with van der Waals surface area (Å²) < 4.78 is 5.93. The van der Waals surface area contributed by atoms with Crippen LogP contribution in [-0.4, -0.2) is 11.0 Å². The third kappa shape index (κ3) is 4.81. The lowest BCUT2D eigenvalue weighted by Gasteiger charge is -2.24. The second kappa shape index (κ2) is 8.29. The molecular weight excluding hydrogens is 314 g/mol. The highest BCUT2D eigenvalue weighted by Crippen LogP contribution is 2.20. The molecule has 0 aliphatic heterocycles. The molecule has 3 rings (SSSR count). The molecular formula is C21H25NOS. The average molecular weight is 340 g/mol. The molecule has 1 fully saturated rings. The fourth-order valence-electron chi connectivity index (χ4n) is 3.09. The van der Waals surface area contributed by atoms with Crippen LogP contribution < -0.4 is 10.1 Å². The summed E-state index contributed by atoms with van der Waals surface area (Å²) in [6.45, 7) is 2.67. The first-order valence-corrected chi connectivity index (χ1v) is 9.21. The van der Waals surface area contributed by atoms with E-state index in [2.05, 4.69) is 42.6 Å². The minimum atomic E-state index is 0.531. The highest BCUT2D eigenvalue weighted by molar-refractivity contribution is 7.80. The van der Waals surface area contributed by atoms with Gasteiger partial charge in [0, 0.05) is 11.6 Å². The quantitative estimate of drug-likeness (QED) is 0.759. The van der Waals surface area contributed by atoms with Crippen LogP contribution in [0.25, 0.3) is 0 Å². The molecule has 2 aromatic carbocycles. The molecule has 1 N–H and O–H groups in total. The first-order chi connectivity index (χ1) is 11.7. The summed E-state index contributed by atoms with van der Waals surface area (Å²) in [5, 5.41) is 3.52. The Morgan fingerprint density at radius 1 is 1.08 bits per heavy atom. The standard InChI is InChI=1S/C21H25NOS/c1-16-10-12-17(13-11-16)15-23-20-9-5-6-18(14-20)21(24)22-19-7-3-2-4-8-19/h5-6,9-14,19H,2-4,7-8,15H2,1H3,(H,22,24). The second-order valence-electron chi connectivity index (χ2n) is 6.61. The van der Waals surface area contributed by atoms with Gasteiger partial charge >= 0.3 is 0 Å². The summed E-state index contributed by atoms with van der Waals surface area (Å²) in [5.41, 5.74) is 3.48. The Kier molecular flexibility index (Phi) is 5.86. The van der Waals surface area contributed by atoms with Crippen LogP contribution in [0.3, 0.4) is 0 Å². The van der Waals surface area contributed by atoms with Gasteiger partial charge in [-0.15, -0.1) is 0 Å². The molecule has 126 valence electrons. The van der Waals surface area contributed by atoms with Gasteiger partial charge in [-0.2, -0.15) is 0 Å². The molecule has 0 heterocycles. The largest absolute Gasteiger partial charge is 0.489 e. The van der Waals surface area contributed by atoms with Crippen molar-refractivity contribution in [1.82, 2.24) is 5.32 Å². The van der Waals surface area contributed by atoms with E-state index in [1.165, 1.54) is 43.2 Å². The van der Waals surface area contributed by atoms with Gasteiger partial charge in [-0.25, -0.2) is 0 Å². The number of hydrogen-bond acceptors (Lipinski definition) is 2. The molecule has 1 aliphatic carbocycles. The molecule has 24 heavy (non-hydrogen) atoms. The minimum Gasteiger partial charge on any atom is -0.489 e. The fourth-order valence-corrected chi connectivity index (χ4v) is 3.39. The zero-order valence-electron chi connectivity index (χ0n) is 14.3. The van der Waals surface area contributed by atoms with E-state index in [9.17, 15) is 0 Å². The monoisotopic (exact) mass is 339 g/mol. The van der Waals surface area contributed by atoms with E-state index in [1.54, 1.807) is 0 Å². The Morgan fingerprint density at radius 2 is 1.83 bits per heavy atom. The molecule has 0 saturated heterocycles. The van der Waals surface area contributed by atoms with Crippen LogP contribution in [0.15, 0.2) is 48.5 Å². The van der Waals surface area contributed by atoms with E-state index in [0.717, 1.165) is 16.3 Å². The number of benzene rings is 2. The summed E-state index contributed by atoms with van der Waals surface area (Å²) in [4.78, 5) is 0.836. The zero-order valence-corrected chi connectivity index (χ0v) is 15.1. The first kappa shape index (κ1) is 17.0. The summed E-state index contributed by atoms with van der Waals surface area (Å²) in [6, 6.07) is 17.0. The van der Waals surface area contributed by atoms with E-state index in [4.69, 9.17) is 17.0 Å². The van der Waals surface area contributed by atoms with E-state index >= 15 is 0 Å². The Balaban J connectivity index is 1.58. The van der Waals surface area contributed by atoms with Crippen LogP contribution in [0.1, 0.15) is 48.8 Å². The van der Waals surface area contributed by atoms with Crippen molar-refractivity contribution in [2.75, 3.05) is 0 Å². The van der Waals surface area contributed by atoms with Crippen molar-refractivity contribution in [2.45, 2.75) is 51.7 Å². The maximum absolute atomic E-state index is 5.93. The van der Waals surface area contributed by atoms with Crippen LogP contribution in [-0.2, 0) is 6.61 Å². The lowest BCUT2D eigenvalue weighted by Crippen LogP contribution is -2.35. The van der Waals surface area contributed by atoms with Crippen LogP contribution in [0.2, 0.25) is 0 Å². The second-order valence-corrected chi connectivity index (χ2v) is 7.02. The van der Waals surface area contributed by atoms with Gasteiger partial charge in [-0.3, -0.25) is 0 Å². The molecule has 3 heteroatoms. The van der Waals surface area contributed by atoms with Crippen molar-refractivity contribution in [1.29, 1.82) is 0 Å². The minimum absolute atomic E-state index is 0.531. The molecule has 0 atom stereocenters. The van der Waals surface area contributed by atoms with Crippen molar-refractivity contribution in [2.24, 2.45) is 0 Å². The van der Waals surface area contributed by atoms with Gasteiger partial charge in [-0.05, 0) is 37.5 Å². The van der Waals surface area contributed by atoms with Crippen LogP contribution in [0.5, 0.6) is 5.75 Å². The Labute approximate surface area is 150 Å². The van der Waals surface area contributed by atoms with Crippen LogP contribution in [0, 0.1) is 6.92 Å². The molecule has 0 amide bonds. The van der Waals surface area contributed by atoms with Gasteiger partial charge in [0.2, 0.25) is 0 Å². The van der Waals surface area contributed by atoms with E-state index in [0.29, 0.717) is 12.6 Å². The maximum atomic E-state index is 5.93. The first-order valence-electron chi connectivity index (χ1n) is 8.80. The molecule has 0 aromatic heterocycles. The third-order valence-corrected chi connectivity index (χ3v) is 4.92. The topological polar surface area (TPSA) is 21.3 Å². The SMILES string of the molecule is Cc1ccc(COc2cccc(C(=S)NC3CCCCC3)c2)cc1. The summed E-state index contributed by atoms with van der Waals surface area (Å²) in [5.74, 6) is 0.862. The molecule has 0 radical (unpaired) electrons. The lowest BCUT2D eigenvalue weighted by molar-refractivity contribution is 0.306. The normalized spacial score (nSPS) is 15.0. The Bertz CT molecular complexity index is 674. The Hall–Kier alpha value is -1.87. The number of aryl methyl sites for hydroxylation is 1. The van der Waals surface area contributed by atoms with E-state index < -0.39 is 0 Å².